The molecule has 2 rings (SSSR count). The highest BCUT2D eigenvalue weighted by molar-refractivity contribution is 6.36. The van der Waals surface area contributed by atoms with Crippen molar-refractivity contribution in [1.82, 2.24) is 4.98 Å². The lowest BCUT2D eigenvalue weighted by Crippen LogP contribution is -1.98. The summed E-state index contributed by atoms with van der Waals surface area (Å²) in [4.78, 5) is 4.06. The van der Waals surface area contributed by atoms with E-state index in [-0.39, 0.29) is 22.2 Å². The van der Waals surface area contributed by atoms with Crippen LogP contribution in [0.25, 0.3) is 0 Å². The van der Waals surface area contributed by atoms with Crippen molar-refractivity contribution >= 4 is 29.0 Å². The van der Waals surface area contributed by atoms with Crippen LogP contribution in [0, 0.1) is 17.1 Å². The van der Waals surface area contributed by atoms with E-state index in [4.69, 9.17) is 33.2 Å². The van der Waals surface area contributed by atoms with Gasteiger partial charge in [0.05, 0.1) is 5.02 Å². The summed E-state index contributed by atoms with van der Waals surface area (Å²) in [6, 6.07) is 7.22. The molecular formula is C13H8Cl2FN3O. The summed E-state index contributed by atoms with van der Waals surface area (Å²) in [7, 11) is 1.63. The van der Waals surface area contributed by atoms with E-state index in [1.807, 2.05) is 0 Å². The smallest absolute Gasteiger partial charge is 0.240 e. The monoisotopic (exact) mass is 311 g/mol. The molecule has 0 atom stereocenters. The van der Waals surface area contributed by atoms with E-state index < -0.39 is 5.82 Å². The molecule has 1 aromatic heterocycles. The lowest BCUT2D eigenvalue weighted by molar-refractivity contribution is 0.457. The first-order valence-corrected chi connectivity index (χ1v) is 6.22. The van der Waals surface area contributed by atoms with E-state index >= 15 is 0 Å². The molecule has 0 saturated carbocycles. The number of nitriles is 1. The molecule has 7 heteroatoms. The van der Waals surface area contributed by atoms with E-state index in [2.05, 4.69) is 10.3 Å². The molecule has 0 saturated heterocycles. The molecule has 0 aliphatic rings. The summed E-state index contributed by atoms with van der Waals surface area (Å²) in [5, 5.41) is 12.2. The second kappa shape index (κ2) is 5.95. The van der Waals surface area contributed by atoms with Crippen LogP contribution >= 0.6 is 23.2 Å². The number of pyridine rings is 1. The fourth-order valence-corrected chi connectivity index (χ4v) is 1.99. The number of halogens is 3. The van der Waals surface area contributed by atoms with Crippen LogP contribution in [-0.2, 0) is 0 Å². The zero-order valence-corrected chi connectivity index (χ0v) is 11.8. The van der Waals surface area contributed by atoms with Gasteiger partial charge < -0.3 is 10.1 Å². The minimum absolute atomic E-state index is 0.0301. The Morgan fingerprint density at radius 2 is 2.10 bits per heavy atom. The first-order valence-electron chi connectivity index (χ1n) is 5.47. The molecule has 1 aromatic carbocycles. The minimum Gasteiger partial charge on any atom is -0.436 e. The van der Waals surface area contributed by atoms with Gasteiger partial charge in [0, 0.05) is 7.05 Å². The number of rotatable bonds is 3. The number of nitrogens with zero attached hydrogens (tertiary/aromatic N) is 2. The van der Waals surface area contributed by atoms with Crippen LogP contribution in [-0.4, -0.2) is 12.0 Å². The van der Waals surface area contributed by atoms with Gasteiger partial charge in [-0.05, 0) is 18.2 Å². The molecule has 4 nitrogen and oxygen atoms in total. The van der Waals surface area contributed by atoms with Gasteiger partial charge in [0.15, 0.2) is 0 Å². The second-order valence-corrected chi connectivity index (χ2v) is 4.50. The van der Waals surface area contributed by atoms with Crippen LogP contribution in [0.1, 0.15) is 5.56 Å². The lowest BCUT2D eigenvalue weighted by atomic mass is 10.2. The fourth-order valence-electron chi connectivity index (χ4n) is 1.50. The molecule has 0 fully saturated rings. The number of nitrogens with one attached hydrogen (secondary N) is 1. The van der Waals surface area contributed by atoms with Gasteiger partial charge in [-0.25, -0.2) is 4.39 Å². The zero-order chi connectivity index (χ0) is 14.7. The Bertz CT molecular complexity index is 701. The van der Waals surface area contributed by atoms with Crippen LogP contribution in [0.3, 0.4) is 0 Å². The first kappa shape index (κ1) is 14.4. The third-order valence-electron chi connectivity index (χ3n) is 2.43. The quantitative estimate of drug-likeness (QED) is 0.921. The summed E-state index contributed by atoms with van der Waals surface area (Å²) in [6.45, 7) is 0. The van der Waals surface area contributed by atoms with Crippen molar-refractivity contribution in [1.29, 1.82) is 5.26 Å². The van der Waals surface area contributed by atoms with Crippen molar-refractivity contribution in [3.63, 3.8) is 0 Å². The standard InChI is InChI=1S/C13H8Cl2FN3O/c1-18-12-8(14)5-9(15)13(19-12)20-11-4-2-3-10(16)7(11)6-17/h2-5H,1H3,(H,18,19). The summed E-state index contributed by atoms with van der Waals surface area (Å²) >= 11 is 11.9. The largest absolute Gasteiger partial charge is 0.436 e. The van der Waals surface area contributed by atoms with Gasteiger partial charge in [-0.1, -0.05) is 29.3 Å². The SMILES string of the molecule is CNc1nc(Oc2cccc(F)c2C#N)c(Cl)cc1Cl. The van der Waals surface area contributed by atoms with Crippen molar-refractivity contribution in [2.24, 2.45) is 0 Å². The van der Waals surface area contributed by atoms with E-state index in [0.29, 0.717) is 10.8 Å². The lowest BCUT2D eigenvalue weighted by Gasteiger charge is -2.10. The molecule has 2 aromatic rings. The van der Waals surface area contributed by atoms with Crippen molar-refractivity contribution in [3.8, 4) is 17.7 Å². The molecule has 102 valence electrons. The molecule has 1 heterocycles. The maximum absolute atomic E-state index is 13.5. The second-order valence-electron chi connectivity index (χ2n) is 3.68. The summed E-state index contributed by atoms with van der Waals surface area (Å²) in [5.41, 5.74) is -0.216. The van der Waals surface area contributed by atoms with Crippen molar-refractivity contribution in [2.75, 3.05) is 12.4 Å². The molecule has 0 aliphatic carbocycles. The number of aromatic nitrogens is 1. The van der Waals surface area contributed by atoms with Gasteiger partial charge in [0.2, 0.25) is 5.88 Å². The minimum atomic E-state index is -0.677. The van der Waals surface area contributed by atoms with Gasteiger partial charge in [-0.15, -0.1) is 0 Å². The van der Waals surface area contributed by atoms with E-state index in [1.165, 1.54) is 24.3 Å². The Hall–Kier alpha value is -2.03. The highest BCUT2D eigenvalue weighted by Crippen LogP contribution is 2.34. The maximum atomic E-state index is 13.5. The third-order valence-corrected chi connectivity index (χ3v) is 2.99. The van der Waals surface area contributed by atoms with Crippen molar-refractivity contribution in [2.45, 2.75) is 0 Å². The number of ether oxygens (including phenoxy) is 1. The van der Waals surface area contributed by atoms with Crippen LogP contribution in [0.4, 0.5) is 10.2 Å². The molecule has 0 amide bonds. The van der Waals surface area contributed by atoms with E-state index in [1.54, 1.807) is 13.1 Å². The normalized spacial score (nSPS) is 9.95. The zero-order valence-electron chi connectivity index (χ0n) is 10.2. The van der Waals surface area contributed by atoms with E-state index in [9.17, 15) is 4.39 Å². The Morgan fingerprint density at radius 1 is 1.35 bits per heavy atom. The molecule has 1 N–H and O–H groups in total. The predicted octanol–water partition coefficient (Wildman–Crippen LogP) is 4.23. The molecule has 0 unspecified atom stereocenters. The van der Waals surface area contributed by atoms with Gasteiger partial charge in [-0.3, -0.25) is 0 Å². The molecule has 0 spiro atoms. The number of hydrogen-bond donors (Lipinski definition) is 1. The van der Waals surface area contributed by atoms with Crippen LogP contribution < -0.4 is 10.1 Å². The van der Waals surface area contributed by atoms with Gasteiger partial charge in [0.25, 0.3) is 0 Å². The van der Waals surface area contributed by atoms with Crippen LogP contribution in [0.2, 0.25) is 10.0 Å². The van der Waals surface area contributed by atoms with Crippen molar-refractivity contribution < 1.29 is 9.13 Å². The van der Waals surface area contributed by atoms with Crippen molar-refractivity contribution in [3.05, 3.63) is 45.7 Å². The average Bonchev–Trinajstić information content (AvgIpc) is 2.42. The summed E-state index contributed by atoms with van der Waals surface area (Å²) < 4.78 is 18.9. The highest BCUT2D eigenvalue weighted by atomic mass is 35.5. The molecule has 20 heavy (non-hydrogen) atoms. The Labute approximate surface area is 124 Å². The number of benzene rings is 1. The summed E-state index contributed by atoms with van der Waals surface area (Å²) in [6.07, 6.45) is 0. The number of anilines is 1. The first-order chi connectivity index (χ1) is 9.56. The van der Waals surface area contributed by atoms with Crippen LogP contribution in [0.15, 0.2) is 24.3 Å². The Kier molecular flexibility index (Phi) is 4.28. The third kappa shape index (κ3) is 2.77. The van der Waals surface area contributed by atoms with Gasteiger partial charge in [0.1, 0.15) is 34.0 Å². The Balaban J connectivity index is 2.46. The van der Waals surface area contributed by atoms with Gasteiger partial charge in [-0.2, -0.15) is 10.2 Å². The average molecular weight is 312 g/mol. The molecule has 0 radical (unpaired) electrons. The highest BCUT2D eigenvalue weighted by Gasteiger charge is 2.14. The van der Waals surface area contributed by atoms with Gasteiger partial charge >= 0.3 is 0 Å². The fraction of sp³-hybridized carbons (Fsp3) is 0.0769. The predicted molar refractivity (Wildman–Crippen MR) is 75.0 cm³/mol. The summed E-state index contributed by atoms with van der Waals surface area (Å²) in [5.74, 6) is -0.251. The maximum Gasteiger partial charge on any atom is 0.240 e. The molecule has 0 aliphatic heterocycles. The molecule has 0 bridgehead atoms. The van der Waals surface area contributed by atoms with Crippen LogP contribution in [0.5, 0.6) is 11.6 Å². The molecular weight excluding hydrogens is 304 g/mol. The topological polar surface area (TPSA) is 57.9 Å². The number of hydrogen-bond acceptors (Lipinski definition) is 4. The van der Waals surface area contributed by atoms with E-state index in [0.717, 1.165) is 0 Å². The Morgan fingerprint density at radius 3 is 2.75 bits per heavy atom.